The predicted octanol–water partition coefficient (Wildman–Crippen LogP) is 15.3. The normalized spacial score (nSPS) is 13.3. The Kier molecular flexibility index (Phi) is 6.43. The zero-order chi connectivity index (χ0) is 38.0. The Balaban J connectivity index is 1.09. The van der Waals surface area contributed by atoms with Gasteiger partial charge in [0.15, 0.2) is 0 Å². The van der Waals surface area contributed by atoms with Gasteiger partial charge in [-0.3, -0.25) is 0 Å². The fourth-order valence-electron chi connectivity index (χ4n) is 10.6. The van der Waals surface area contributed by atoms with Gasteiger partial charge in [-0.05, 0) is 135 Å². The third-order valence-corrected chi connectivity index (χ3v) is 13.1. The molecule has 1 heterocycles. The van der Waals surface area contributed by atoms with Crippen molar-refractivity contribution in [3.05, 3.63) is 229 Å². The van der Waals surface area contributed by atoms with Crippen molar-refractivity contribution in [2.45, 2.75) is 5.41 Å². The summed E-state index contributed by atoms with van der Waals surface area (Å²) >= 11 is 0. The van der Waals surface area contributed by atoms with Crippen LogP contribution in [0.3, 0.4) is 0 Å². The first-order valence-electron chi connectivity index (χ1n) is 20.2. The average molecular weight is 735 g/mol. The Labute approximate surface area is 335 Å². The van der Waals surface area contributed by atoms with Gasteiger partial charge in [-0.15, -0.1) is 0 Å². The van der Waals surface area contributed by atoms with E-state index in [9.17, 15) is 0 Å². The van der Waals surface area contributed by atoms with E-state index < -0.39 is 5.41 Å². The van der Waals surface area contributed by atoms with E-state index in [0.29, 0.717) is 0 Å². The molecule has 11 aromatic carbocycles. The quantitative estimate of drug-likeness (QED) is 0.164. The van der Waals surface area contributed by atoms with Crippen LogP contribution in [0, 0.1) is 0 Å². The maximum Gasteiger partial charge on any atom is 0.136 e. The van der Waals surface area contributed by atoms with Crippen molar-refractivity contribution < 1.29 is 4.42 Å². The smallest absolute Gasteiger partial charge is 0.136 e. The molecule has 0 spiro atoms. The number of furan rings is 1. The molecule has 13 rings (SSSR count). The zero-order valence-electron chi connectivity index (χ0n) is 31.5. The van der Waals surface area contributed by atoms with Crippen LogP contribution in [0.25, 0.3) is 98.4 Å². The SMILES string of the molecule is c1ccc(C2(c3ccccc3)c3ccc(-c4cc5ccc6cccc7ccc(c4)c5c67)cc3-c3c2ccc2c(-c4ccc5c(c4)oc4ccccc45)cccc32)cc1. The molecule has 0 atom stereocenters. The zero-order valence-corrected chi connectivity index (χ0v) is 31.5. The Morgan fingerprint density at radius 3 is 1.66 bits per heavy atom. The first-order chi connectivity index (χ1) is 28.7. The number of fused-ring (bicyclic) bond motifs is 8. The van der Waals surface area contributed by atoms with Crippen LogP contribution in [0.5, 0.6) is 0 Å². The van der Waals surface area contributed by atoms with Gasteiger partial charge in [0.2, 0.25) is 0 Å². The fraction of sp³-hybridized carbons (Fsp3) is 0.0175. The molecule has 1 heteroatoms. The third-order valence-electron chi connectivity index (χ3n) is 13.1. The van der Waals surface area contributed by atoms with Crippen LogP contribution in [0.1, 0.15) is 22.3 Å². The van der Waals surface area contributed by atoms with Crippen molar-refractivity contribution in [1.29, 1.82) is 0 Å². The second kappa shape index (κ2) is 11.8. The molecule has 0 saturated heterocycles. The lowest BCUT2D eigenvalue weighted by Gasteiger charge is -2.34. The van der Waals surface area contributed by atoms with Crippen LogP contribution in [0.2, 0.25) is 0 Å². The minimum atomic E-state index is -0.503. The highest BCUT2D eigenvalue weighted by Gasteiger charge is 2.46. The highest BCUT2D eigenvalue weighted by molar-refractivity contribution is 6.24. The summed E-state index contributed by atoms with van der Waals surface area (Å²) in [5.74, 6) is 0. The molecule has 1 nitrogen and oxygen atoms in total. The van der Waals surface area contributed by atoms with Crippen molar-refractivity contribution in [2.75, 3.05) is 0 Å². The number of hydrogen-bond donors (Lipinski definition) is 0. The van der Waals surface area contributed by atoms with E-state index in [1.807, 2.05) is 6.07 Å². The first kappa shape index (κ1) is 31.7. The molecule has 0 bridgehead atoms. The number of benzene rings is 11. The van der Waals surface area contributed by atoms with Crippen molar-refractivity contribution >= 4 is 65.0 Å². The molecular weight excluding hydrogens is 701 g/mol. The summed E-state index contributed by atoms with van der Waals surface area (Å²) in [6.45, 7) is 0. The summed E-state index contributed by atoms with van der Waals surface area (Å²) in [6, 6.07) is 76.6. The van der Waals surface area contributed by atoms with Gasteiger partial charge >= 0.3 is 0 Å². The molecule has 0 fully saturated rings. The molecule has 0 N–H and O–H groups in total. The van der Waals surface area contributed by atoms with Gasteiger partial charge in [0.05, 0.1) is 5.41 Å². The molecule has 268 valence electrons. The highest BCUT2D eigenvalue weighted by atomic mass is 16.3. The van der Waals surface area contributed by atoms with Crippen molar-refractivity contribution in [2.24, 2.45) is 0 Å². The topological polar surface area (TPSA) is 13.1 Å². The number of rotatable bonds is 4. The molecule has 0 aliphatic heterocycles. The molecular formula is C57H34O. The predicted molar refractivity (Wildman–Crippen MR) is 243 cm³/mol. The molecule has 0 amide bonds. The minimum absolute atomic E-state index is 0.503. The van der Waals surface area contributed by atoms with E-state index in [1.165, 1.54) is 93.2 Å². The van der Waals surface area contributed by atoms with Gasteiger partial charge in [-0.25, -0.2) is 0 Å². The summed E-state index contributed by atoms with van der Waals surface area (Å²) < 4.78 is 6.39. The van der Waals surface area contributed by atoms with Gasteiger partial charge in [-0.2, -0.15) is 0 Å². The van der Waals surface area contributed by atoms with Gasteiger partial charge < -0.3 is 4.42 Å². The third kappa shape index (κ3) is 4.25. The number of hydrogen-bond acceptors (Lipinski definition) is 1. The molecule has 0 unspecified atom stereocenters. The van der Waals surface area contributed by atoms with Crippen LogP contribution in [0.4, 0.5) is 0 Å². The maximum absolute atomic E-state index is 6.39. The Morgan fingerprint density at radius 2 is 0.897 bits per heavy atom. The lowest BCUT2D eigenvalue weighted by atomic mass is 9.67. The Hall–Kier alpha value is -7.48. The van der Waals surface area contributed by atoms with Crippen LogP contribution in [-0.2, 0) is 5.41 Å². The van der Waals surface area contributed by atoms with Crippen molar-refractivity contribution in [3.8, 4) is 33.4 Å². The van der Waals surface area contributed by atoms with Crippen LogP contribution in [0.15, 0.2) is 211 Å². The standard InChI is InChI=1S/C57H34O/c1-3-13-42(14-4-1)57(43-15-5-2-6-16-43)50-29-26-37(41-31-39-23-21-35-11-9-12-36-22-24-40(32-41)55(39)54(35)36)33-49(50)56-48-19-10-18-44(45(48)28-30-51(56)57)38-25-27-47-46-17-7-8-20-52(46)58-53(47)34-38/h1-34H. The summed E-state index contributed by atoms with van der Waals surface area (Å²) in [4.78, 5) is 0. The second-order valence-corrected chi connectivity index (χ2v) is 15.9. The molecule has 1 aliphatic carbocycles. The van der Waals surface area contributed by atoms with Crippen LogP contribution >= 0.6 is 0 Å². The fourth-order valence-corrected chi connectivity index (χ4v) is 10.6. The van der Waals surface area contributed by atoms with Gasteiger partial charge in [0.1, 0.15) is 11.2 Å². The lowest BCUT2D eigenvalue weighted by molar-refractivity contribution is 0.669. The average Bonchev–Trinajstić information content (AvgIpc) is 3.82. The summed E-state index contributed by atoms with van der Waals surface area (Å²) in [5.41, 5.74) is 13.8. The van der Waals surface area contributed by atoms with Crippen molar-refractivity contribution in [1.82, 2.24) is 0 Å². The lowest BCUT2D eigenvalue weighted by Crippen LogP contribution is -2.28. The summed E-state index contributed by atoms with van der Waals surface area (Å²) in [6.07, 6.45) is 0. The monoisotopic (exact) mass is 734 g/mol. The van der Waals surface area contributed by atoms with Crippen molar-refractivity contribution in [3.63, 3.8) is 0 Å². The van der Waals surface area contributed by atoms with Gasteiger partial charge in [-0.1, -0.05) is 170 Å². The highest BCUT2D eigenvalue weighted by Crippen LogP contribution is 2.59. The molecule has 0 radical (unpaired) electrons. The molecule has 12 aromatic rings. The summed E-state index contributed by atoms with van der Waals surface area (Å²) in [7, 11) is 0. The van der Waals surface area contributed by atoms with E-state index >= 15 is 0 Å². The van der Waals surface area contributed by atoms with E-state index in [4.69, 9.17) is 4.42 Å². The first-order valence-corrected chi connectivity index (χ1v) is 20.2. The largest absolute Gasteiger partial charge is 0.456 e. The molecule has 1 aliphatic rings. The van der Waals surface area contributed by atoms with Crippen LogP contribution < -0.4 is 0 Å². The van der Waals surface area contributed by atoms with Gasteiger partial charge in [0, 0.05) is 10.8 Å². The van der Waals surface area contributed by atoms with E-state index in [-0.39, 0.29) is 0 Å². The van der Waals surface area contributed by atoms with E-state index in [1.54, 1.807) is 0 Å². The molecule has 1 aromatic heterocycles. The summed E-state index contributed by atoms with van der Waals surface area (Å²) in [5, 5.41) is 12.6. The van der Waals surface area contributed by atoms with Gasteiger partial charge in [0.25, 0.3) is 0 Å². The number of para-hydroxylation sites is 1. The molecule has 58 heavy (non-hydrogen) atoms. The second-order valence-electron chi connectivity index (χ2n) is 15.9. The Bertz CT molecular complexity index is 3510. The Morgan fingerprint density at radius 1 is 0.310 bits per heavy atom. The minimum Gasteiger partial charge on any atom is -0.456 e. The van der Waals surface area contributed by atoms with E-state index in [0.717, 1.165) is 27.5 Å². The van der Waals surface area contributed by atoms with Crippen LogP contribution in [-0.4, -0.2) is 0 Å². The maximum atomic E-state index is 6.39. The molecule has 0 saturated carbocycles. The van der Waals surface area contributed by atoms with E-state index in [2.05, 4.69) is 200 Å².